The predicted octanol–water partition coefficient (Wildman–Crippen LogP) is 5.11. The van der Waals surface area contributed by atoms with Gasteiger partial charge in [0.05, 0.1) is 11.9 Å². The third-order valence-electron chi connectivity index (χ3n) is 6.73. The van der Waals surface area contributed by atoms with E-state index in [9.17, 15) is 22.4 Å². The summed E-state index contributed by atoms with van der Waals surface area (Å²) in [6.07, 6.45) is 1.90. The van der Waals surface area contributed by atoms with Crippen LogP contribution in [0.5, 0.6) is 0 Å². The molecule has 0 saturated carbocycles. The Bertz CT molecular complexity index is 1420. The topological polar surface area (TPSA) is 86.8 Å². The van der Waals surface area contributed by atoms with Crippen molar-refractivity contribution in [3.05, 3.63) is 100 Å². The van der Waals surface area contributed by atoms with Crippen LogP contribution >= 0.6 is 11.6 Å². The van der Waals surface area contributed by atoms with Crippen LogP contribution in [0.1, 0.15) is 37.0 Å². The Hall–Kier alpha value is -3.43. The first kappa shape index (κ1) is 31.1. The van der Waals surface area contributed by atoms with Gasteiger partial charge >= 0.3 is 0 Å². The first-order valence-corrected chi connectivity index (χ1v) is 15.2. The third kappa shape index (κ3) is 8.29. The van der Waals surface area contributed by atoms with Crippen LogP contribution in [0.4, 0.5) is 10.1 Å². The highest BCUT2D eigenvalue weighted by atomic mass is 35.5. The van der Waals surface area contributed by atoms with Crippen LogP contribution < -0.4 is 9.62 Å². The fourth-order valence-electron chi connectivity index (χ4n) is 4.24. The van der Waals surface area contributed by atoms with Crippen LogP contribution in [0.2, 0.25) is 5.02 Å². The zero-order valence-corrected chi connectivity index (χ0v) is 24.7. The highest BCUT2D eigenvalue weighted by Gasteiger charge is 2.33. The summed E-state index contributed by atoms with van der Waals surface area (Å²) in [7, 11) is -3.92. The molecule has 0 bridgehead atoms. The Kier molecular flexibility index (Phi) is 10.7. The van der Waals surface area contributed by atoms with E-state index in [1.165, 1.54) is 29.2 Å². The molecule has 10 heteroatoms. The molecular formula is C30H35ClFN3O4S. The Morgan fingerprint density at radius 3 is 2.23 bits per heavy atom. The van der Waals surface area contributed by atoms with Gasteiger partial charge in [0.2, 0.25) is 21.8 Å². The number of sulfonamides is 1. The van der Waals surface area contributed by atoms with E-state index >= 15 is 0 Å². The fraction of sp³-hybridized carbons (Fsp3) is 0.333. The van der Waals surface area contributed by atoms with Crippen molar-refractivity contribution in [1.29, 1.82) is 0 Å². The van der Waals surface area contributed by atoms with Crippen LogP contribution in [0.3, 0.4) is 0 Å². The van der Waals surface area contributed by atoms with Crippen molar-refractivity contribution in [2.75, 3.05) is 17.1 Å². The molecule has 1 N–H and O–H groups in total. The standard InChI is InChI=1S/C30H35ClFN3O4S/c1-5-21(2)33-30(37)28(18-23-10-7-6-8-11-23)34(19-24-14-16-25(32)17-15-24)29(36)20-35(40(4,38)39)27-13-9-12-26(31)22(27)3/h6-17,21,28H,5,18-20H2,1-4H3,(H,33,37)/t21-,28+/m0/s1. The lowest BCUT2D eigenvalue weighted by molar-refractivity contribution is -0.140. The lowest BCUT2D eigenvalue weighted by Gasteiger charge is -2.34. The van der Waals surface area contributed by atoms with Crippen LogP contribution in [0, 0.1) is 12.7 Å². The second kappa shape index (κ2) is 13.8. The van der Waals surface area contributed by atoms with Gasteiger partial charge in [0, 0.05) is 24.0 Å². The largest absolute Gasteiger partial charge is 0.352 e. The number of carbonyl (C=O) groups is 2. The van der Waals surface area contributed by atoms with Crippen molar-refractivity contribution >= 4 is 39.1 Å². The summed E-state index contributed by atoms with van der Waals surface area (Å²) >= 11 is 6.27. The molecular weight excluding hydrogens is 553 g/mol. The van der Waals surface area contributed by atoms with Crippen molar-refractivity contribution in [3.63, 3.8) is 0 Å². The number of hydrogen-bond acceptors (Lipinski definition) is 4. The van der Waals surface area contributed by atoms with E-state index in [-0.39, 0.29) is 30.6 Å². The number of hydrogen-bond donors (Lipinski definition) is 1. The second-order valence-electron chi connectivity index (χ2n) is 9.83. The molecule has 0 heterocycles. The summed E-state index contributed by atoms with van der Waals surface area (Å²) in [5.74, 6) is -1.38. The number of carbonyl (C=O) groups excluding carboxylic acids is 2. The molecule has 214 valence electrons. The van der Waals surface area contributed by atoms with Gasteiger partial charge in [0.1, 0.15) is 18.4 Å². The van der Waals surface area contributed by atoms with Gasteiger partial charge in [-0.1, -0.05) is 67.1 Å². The maximum atomic E-state index is 14.1. The highest BCUT2D eigenvalue weighted by Crippen LogP contribution is 2.28. The molecule has 0 aliphatic carbocycles. The Balaban J connectivity index is 2.08. The molecule has 3 aromatic rings. The summed E-state index contributed by atoms with van der Waals surface area (Å²) in [5, 5.41) is 3.33. The smallest absolute Gasteiger partial charge is 0.244 e. The van der Waals surface area contributed by atoms with Gasteiger partial charge in [-0.3, -0.25) is 13.9 Å². The summed E-state index contributed by atoms with van der Waals surface area (Å²) < 4.78 is 40.5. The minimum absolute atomic E-state index is 0.0311. The van der Waals surface area contributed by atoms with Gasteiger partial charge in [-0.2, -0.15) is 0 Å². The molecule has 3 rings (SSSR count). The molecule has 0 aliphatic heterocycles. The molecule has 40 heavy (non-hydrogen) atoms. The average molecular weight is 588 g/mol. The third-order valence-corrected chi connectivity index (χ3v) is 8.26. The number of nitrogens with zero attached hydrogens (tertiary/aromatic N) is 2. The minimum Gasteiger partial charge on any atom is -0.352 e. The molecule has 0 saturated heterocycles. The molecule has 2 amide bonds. The van der Waals surface area contributed by atoms with Crippen molar-refractivity contribution in [2.45, 2.75) is 52.2 Å². The summed E-state index contributed by atoms with van der Waals surface area (Å²) in [6, 6.07) is 18.6. The molecule has 0 radical (unpaired) electrons. The van der Waals surface area contributed by atoms with E-state index in [2.05, 4.69) is 5.32 Å². The first-order valence-electron chi connectivity index (χ1n) is 13.0. The lowest BCUT2D eigenvalue weighted by atomic mass is 10.0. The van der Waals surface area contributed by atoms with Gasteiger partial charge in [-0.15, -0.1) is 0 Å². The monoisotopic (exact) mass is 587 g/mol. The quantitative estimate of drug-likeness (QED) is 0.319. The highest BCUT2D eigenvalue weighted by molar-refractivity contribution is 7.92. The SMILES string of the molecule is CC[C@H](C)NC(=O)[C@@H](Cc1ccccc1)N(Cc1ccc(F)cc1)C(=O)CN(c1cccc(Cl)c1C)S(C)(=O)=O. The number of nitrogens with one attached hydrogen (secondary N) is 1. The van der Waals surface area contributed by atoms with Crippen molar-refractivity contribution < 1.29 is 22.4 Å². The maximum absolute atomic E-state index is 14.1. The van der Waals surface area contributed by atoms with Crippen LogP contribution in [-0.2, 0) is 32.6 Å². The Labute approximate surface area is 241 Å². The van der Waals surface area contributed by atoms with Gasteiger partial charge in [0.15, 0.2) is 0 Å². The normalized spacial score (nSPS) is 12.8. The van der Waals surface area contributed by atoms with Crippen LogP contribution in [0.25, 0.3) is 0 Å². The van der Waals surface area contributed by atoms with Gasteiger partial charge in [-0.05, 0) is 61.2 Å². The van der Waals surface area contributed by atoms with Crippen molar-refractivity contribution in [2.24, 2.45) is 0 Å². The number of halogens is 2. The molecule has 0 unspecified atom stereocenters. The molecule has 0 aliphatic rings. The molecule has 3 aromatic carbocycles. The van der Waals surface area contributed by atoms with Crippen LogP contribution in [0.15, 0.2) is 72.8 Å². The van der Waals surface area contributed by atoms with Gasteiger partial charge in [0.25, 0.3) is 0 Å². The summed E-state index contributed by atoms with van der Waals surface area (Å²) in [5.41, 5.74) is 2.19. The minimum atomic E-state index is -3.92. The number of benzene rings is 3. The van der Waals surface area contributed by atoms with E-state index in [1.807, 2.05) is 44.2 Å². The number of rotatable bonds is 12. The predicted molar refractivity (Wildman–Crippen MR) is 157 cm³/mol. The van der Waals surface area contributed by atoms with Gasteiger partial charge < -0.3 is 10.2 Å². The van der Waals surface area contributed by atoms with Gasteiger partial charge in [-0.25, -0.2) is 12.8 Å². The number of anilines is 1. The zero-order chi connectivity index (χ0) is 29.4. The zero-order valence-electron chi connectivity index (χ0n) is 23.1. The van der Waals surface area contributed by atoms with Crippen LogP contribution in [-0.4, -0.2) is 50.0 Å². The molecule has 2 atom stereocenters. The fourth-order valence-corrected chi connectivity index (χ4v) is 5.31. The van der Waals surface area contributed by atoms with Crippen molar-refractivity contribution in [3.8, 4) is 0 Å². The van der Waals surface area contributed by atoms with E-state index in [4.69, 9.17) is 11.6 Å². The van der Waals surface area contributed by atoms with Crippen molar-refractivity contribution in [1.82, 2.24) is 10.2 Å². The summed E-state index contributed by atoms with van der Waals surface area (Å²) in [4.78, 5) is 29.1. The lowest BCUT2D eigenvalue weighted by Crippen LogP contribution is -2.54. The van der Waals surface area contributed by atoms with E-state index in [0.29, 0.717) is 22.6 Å². The maximum Gasteiger partial charge on any atom is 0.244 e. The molecule has 7 nitrogen and oxygen atoms in total. The molecule has 0 aromatic heterocycles. The van der Waals surface area contributed by atoms with E-state index in [0.717, 1.165) is 16.1 Å². The first-order chi connectivity index (χ1) is 18.9. The van der Waals surface area contributed by atoms with E-state index < -0.39 is 34.3 Å². The Morgan fingerprint density at radius 2 is 1.62 bits per heavy atom. The second-order valence-corrected chi connectivity index (χ2v) is 12.1. The number of amides is 2. The Morgan fingerprint density at radius 1 is 0.975 bits per heavy atom. The molecule has 0 spiro atoms. The summed E-state index contributed by atoms with van der Waals surface area (Å²) in [6.45, 7) is 4.90. The molecule has 0 fully saturated rings. The van der Waals surface area contributed by atoms with E-state index in [1.54, 1.807) is 25.1 Å². The average Bonchev–Trinajstić information content (AvgIpc) is 2.91.